The SMILES string of the molecule is COCc1cc(C)nc(OCC2OC(c3ccc(-c4cc([N+](=O)[O-])ccc4C)o3)=NN2C(C)=O)c1C#N. The Kier molecular flexibility index (Phi) is 7.17. The number of hydrogen-bond acceptors (Lipinski definition) is 10. The van der Waals surface area contributed by atoms with Gasteiger partial charge in [0.15, 0.2) is 5.76 Å². The van der Waals surface area contributed by atoms with Gasteiger partial charge in [-0.3, -0.25) is 14.9 Å². The van der Waals surface area contributed by atoms with Crippen LogP contribution >= 0.6 is 0 Å². The standard InChI is InChI=1S/C25H23N5O7/c1-14-5-6-18(30(32)33)10-19(14)21-7-8-22(36-21)25-28-29(16(3)31)23(37-25)13-35-24-20(11-26)17(12-34-4)9-15(2)27-24/h5-10,23H,12-13H2,1-4H3. The lowest BCUT2D eigenvalue weighted by Crippen LogP contribution is -2.37. The van der Waals surface area contributed by atoms with E-state index in [4.69, 9.17) is 18.6 Å². The molecule has 1 aromatic carbocycles. The highest BCUT2D eigenvalue weighted by Crippen LogP contribution is 2.31. The third kappa shape index (κ3) is 5.26. The van der Waals surface area contributed by atoms with Crippen LogP contribution in [-0.4, -0.2) is 46.7 Å². The quantitative estimate of drug-likeness (QED) is 0.328. The van der Waals surface area contributed by atoms with Crippen LogP contribution in [0.15, 0.2) is 45.9 Å². The number of carbonyl (C=O) groups is 1. The third-order valence-electron chi connectivity index (χ3n) is 5.53. The number of hydrogen-bond donors (Lipinski definition) is 0. The van der Waals surface area contributed by atoms with Gasteiger partial charge >= 0.3 is 0 Å². The molecule has 3 heterocycles. The number of nitro groups is 1. The number of furan rings is 1. The number of nitriles is 1. The molecule has 0 spiro atoms. The average molecular weight is 505 g/mol. The molecule has 190 valence electrons. The molecule has 0 radical (unpaired) electrons. The number of amides is 1. The Balaban J connectivity index is 1.55. The fraction of sp³-hybridized carbons (Fsp3) is 0.280. The zero-order chi connectivity index (χ0) is 26.7. The lowest BCUT2D eigenvalue weighted by atomic mass is 10.1. The Bertz CT molecular complexity index is 1440. The summed E-state index contributed by atoms with van der Waals surface area (Å²) < 4.78 is 22.7. The molecule has 0 N–H and O–H groups in total. The molecule has 4 rings (SSSR count). The third-order valence-corrected chi connectivity index (χ3v) is 5.53. The van der Waals surface area contributed by atoms with Gasteiger partial charge in [0.2, 0.25) is 18.0 Å². The molecule has 12 nitrogen and oxygen atoms in total. The number of non-ortho nitro benzene ring substituents is 1. The van der Waals surface area contributed by atoms with Gasteiger partial charge in [0.25, 0.3) is 11.6 Å². The monoisotopic (exact) mass is 505 g/mol. The van der Waals surface area contributed by atoms with Crippen LogP contribution in [0.1, 0.15) is 35.1 Å². The molecule has 37 heavy (non-hydrogen) atoms. The van der Waals surface area contributed by atoms with Gasteiger partial charge in [0, 0.05) is 43.0 Å². The molecular weight excluding hydrogens is 482 g/mol. The molecule has 1 unspecified atom stereocenters. The molecule has 1 atom stereocenters. The number of nitro benzene ring substituents is 1. The van der Waals surface area contributed by atoms with Gasteiger partial charge < -0.3 is 18.6 Å². The summed E-state index contributed by atoms with van der Waals surface area (Å²) in [7, 11) is 1.52. The number of hydrazone groups is 1. The maximum atomic E-state index is 12.2. The maximum Gasteiger partial charge on any atom is 0.277 e. The number of nitrogens with zero attached hydrogens (tertiary/aromatic N) is 5. The van der Waals surface area contributed by atoms with E-state index in [0.29, 0.717) is 22.6 Å². The summed E-state index contributed by atoms with van der Waals surface area (Å²) in [6.45, 7) is 4.94. The highest BCUT2D eigenvalue weighted by molar-refractivity contribution is 5.94. The Hall–Kier alpha value is -4.76. The smallest absolute Gasteiger partial charge is 0.277 e. The summed E-state index contributed by atoms with van der Waals surface area (Å²) in [6, 6.07) is 11.5. The molecule has 3 aromatic rings. The van der Waals surface area contributed by atoms with Crippen LogP contribution in [0.2, 0.25) is 0 Å². The molecule has 1 aliphatic heterocycles. The van der Waals surface area contributed by atoms with Crippen LogP contribution in [0.25, 0.3) is 11.3 Å². The first-order chi connectivity index (χ1) is 17.7. The summed E-state index contributed by atoms with van der Waals surface area (Å²) >= 11 is 0. The second-order valence-electron chi connectivity index (χ2n) is 8.22. The number of pyridine rings is 1. The van der Waals surface area contributed by atoms with E-state index in [2.05, 4.69) is 16.2 Å². The summed E-state index contributed by atoms with van der Waals surface area (Å²) in [6.07, 6.45) is -0.944. The molecule has 0 aliphatic carbocycles. The largest absolute Gasteiger partial charge is 0.471 e. The van der Waals surface area contributed by atoms with Gasteiger partial charge in [-0.25, -0.2) is 4.98 Å². The number of carbonyl (C=O) groups excluding carboxylic acids is 1. The first kappa shape index (κ1) is 25.3. The second-order valence-corrected chi connectivity index (χ2v) is 8.22. The van der Waals surface area contributed by atoms with Crippen molar-refractivity contribution in [1.82, 2.24) is 9.99 Å². The van der Waals surface area contributed by atoms with Gasteiger partial charge in [0.05, 0.1) is 11.5 Å². The van der Waals surface area contributed by atoms with Crippen molar-refractivity contribution < 1.29 is 28.3 Å². The highest BCUT2D eigenvalue weighted by atomic mass is 16.6. The number of methoxy groups -OCH3 is 1. The fourth-order valence-electron chi connectivity index (χ4n) is 3.79. The predicted molar refractivity (Wildman–Crippen MR) is 129 cm³/mol. The molecule has 0 saturated heterocycles. The number of aryl methyl sites for hydroxylation is 2. The molecule has 1 aliphatic rings. The topological polar surface area (TPSA) is 153 Å². The predicted octanol–water partition coefficient (Wildman–Crippen LogP) is 3.83. The molecule has 0 saturated carbocycles. The molecule has 0 fully saturated rings. The van der Waals surface area contributed by atoms with Gasteiger partial charge in [-0.05, 0) is 37.6 Å². The zero-order valence-electron chi connectivity index (χ0n) is 20.5. The maximum absolute atomic E-state index is 12.2. The minimum Gasteiger partial charge on any atom is -0.471 e. The number of ether oxygens (including phenoxy) is 3. The van der Waals surface area contributed by atoms with Crippen LogP contribution in [0.3, 0.4) is 0 Å². The van der Waals surface area contributed by atoms with Crippen molar-refractivity contribution in [2.75, 3.05) is 13.7 Å². The van der Waals surface area contributed by atoms with E-state index in [0.717, 1.165) is 10.6 Å². The summed E-state index contributed by atoms with van der Waals surface area (Å²) in [5.74, 6) is 0.337. The normalized spacial score (nSPS) is 14.6. The van der Waals surface area contributed by atoms with Crippen molar-refractivity contribution in [3.63, 3.8) is 0 Å². The van der Waals surface area contributed by atoms with Crippen LogP contribution in [0, 0.1) is 35.3 Å². The van der Waals surface area contributed by atoms with Gasteiger partial charge in [-0.2, -0.15) is 10.3 Å². The van der Waals surface area contributed by atoms with Crippen molar-refractivity contribution in [1.29, 1.82) is 5.26 Å². The van der Waals surface area contributed by atoms with Crippen molar-refractivity contribution in [2.45, 2.75) is 33.6 Å². The molecule has 2 aromatic heterocycles. The van der Waals surface area contributed by atoms with Gasteiger partial charge in [-0.15, -0.1) is 5.10 Å². The first-order valence-corrected chi connectivity index (χ1v) is 11.1. The Morgan fingerprint density at radius 3 is 2.68 bits per heavy atom. The van der Waals surface area contributed by atoms with E-state index in [9.17, 15) is 20.2 Å². The van der Waals surface area contributed by atoms with Gasteiger partial charge in [-0.1, -0.05) is 6.07 Å². The fourth-order valence-corrected chi connectivity index (χ4v) is 3.79. The van der Waals surface area contributed by atoms with Crippen LogP contribution in [-0.2, 0) is 20.9 Å². The second kappa shape index (κ2) is 10.5. The Labute approximate surface area is 211 Å². The number of rotatable bonds is 8. The van der Waals surface area contributed by atoms with E-state index in [1.54, 1.807) is 31.2 Å². The average Bonchev–Trinajstić information content (AvgIpc) is 3.50. The van der Waals surface area contributed by atoms with Crippen molar-refractivity contribution in [3.05, 3.63) is 74.7 Å². The van der Waals surface area contributed by atoms with E-state index >= 15 is 0 Å². The van der Waals surface area contributed by atoms with E-state index in [-0.39, 0.29) is 42.0 Å². The van der Waals surface area contributed by atoms with Crippen LogP contribution in [0.4, 0.5) is 5.69 Å². The Morgan fingerprint density at radius 1 is 1.24 bits per heavy atom. The molecular formula is C25H23N5O7. The van der Waals surface area contributed by atoms with E-state index in [1.165, 1.54) is 26.2 Å². The summed E-state index contributed by atoms with van der Waals surface area (Å²) in [4.78, 5) is 27.2. The molecule has 12 heteroatoms. The minimum absolute atomic E-state index is 0.0379. The first-order valence-electron chi connectivity index (χ1n) is 11.1. The van der Waals surface area contributed by atoms with Crippen molar-refractivity contribution in [3.8, 4) is 23.3 Å². The summed E-state index contributed by atoms with van der Waals surface area (Å²) in [5.41, 5.74) is 2.74. The summed E-state index contributed by atoms with van der Waals surface area (Å²) in [5, 5.41) is 26.1. The highest BCUT2D eigenvalue weighted by Gasteiger charge is 2.34. The lowest BCUT2D eigenvalue weighted by Gasteiger charge is -2.19. The zero-order valence-corrected chi connectivity index (χ0v) is 20.5. The molecule has 1 amide bonds. The minimum atomic E-state index is -0.944. The van der Waals surface area contributed by atoms with Crippen LogP contribution in [0.5, 0.6) is 5.88 Å². The van der Waals surface area contributed by atoms with E-state index < -0.39 is 17.1 Å². The Morgan fingerprint density at radius 2 is 2.00 bits per heavy atom. The van der Waals surface area contributed by atoms with Gasteiger partial charge in [0.1, 0.15) is 24.0 Å². The van der Waals surface area contributed by atoms with Crippen LogP contribution < -0.4 is 4.74 Å². The number of aromatic nitrogens is 1. The van der Waals surface area contributed by atoms with Crippen molar-refractivity contribution in [2.24, 2.45) is 5.10 Å². The molecule has 0 bridgehead atoms. The van der Waals surface area contributed by atoms with Crippen molar-refractivity contribution >= 4 is 17.5 Å². The van der Waals surface area contributed by atoms with E-state index in [1.807, 2.05) is 6.92 Å². The lowest BCUT2D eigenvalue weighted by molar-refractivity contribution is -0.384. The number of benzene rings is 1.